The molecular weight excluding hydrogens is 316 g/mol. The van der Waals surface area contributed by atoms with Gasteiger partial charge in [-0.2, -0.15) is 0 Å². The van der Waals surface area contributed by atoms with Gasteiger partial charge in [-0.3, -0.25) is 4.79 Å². The molecule has 4 atom stereocenters. The molecule has 8 heteroatoms. The lowest BCUT2D eigenvalue weighted by Crippen LogP contribution is -2.47. The summed E-state index contributed by atoms with van der Waals surface area (Å²) in [5.41, 5.74) is 5.95. The highest BCUT2D eigenvalue weighted by Gasteiger charge is 2.40. The van der Waals surface area contributed by atoms with Crippen molar-refractivity contribution in [2.24, 2.45) is 5.73 Å². The van der Waals surface area contributed by atoms with Gasteiger partial charge in [-0.15, -0.1) is 0 Å². The number of nitrogens with zero attached hydrogens (tertiary/aromatic N) is 1. The number of fused-ring (bicyclic) bond motifs is 1. The van der Waals surface area contributed by atoms with E-state index in [1.165, 1.54) is 0 Å². The van der Waals surface area contributed by atoms with E-state index in [2.05, 4.69) is 0 Å². The van der Waals surface area contributed by atoms with Gasteiger partial charge in [0.25, 0.3) is 5.91 Å². The zero-order valence-electron chi connectivity index (χ0n) is 13.6. The fourth-order valence-electron chi connectivity index (χ4n) is 3.64. The SMILES string of the molecule is CN(C)C1CC(O)[C@@H](O)CC1c1cc2c(c(O)c1C(N)=O)OCO2. The third-order valence-corrected chi connectivity index (χ3v) is 4.86. The average molecular weight is 338 g/mol. The summed E-state index contributed by atoms with van der Waals surface area (Å²) in [5, 5.41) is 30.5. The summed E-state index contributed by atoms with van der Waals surface area (Å²) in [6.45, 7) is -0.0480. The number of carbonyl (C=O) groups is 1. The summed E-state index contributed by atoms with van der Waals surface area (Å²) in [5.74, 6) is -0.984. The molecule has 0 radical (unpaired) electrons. The highest BCUT2D eigenvalue weighted by Crippen LogP contribution is 2.48. The molecule has 3 unspecified atom stereocenters. The Bertz CT molecular complexity index is 662. The Labute approximate surface area is 139 Å². The summed E-state index contributed by atoms with van der Waals surface area (Å²) in [4.78, 5) is 13.9. The Morgan fingerprint density at radius 1 is 1.25 bits per heavy atom. The normalized spacial score (nSPS) is 29.0. The molecule has 0 saturated heterocycles. The highest BCUT2D eigenvalue weighted by molar-refractivity contribution is 5.99. The Kier molecular flexibility index (Phi) is 4.29. The minimum atomic E-state index is -0.917. The third kappa shape index (κ3) is 2.66. The Hall–Kier alpha value is -2.03. The summed E-state index contributed by atoms with van der Waals surface area (Å²) < 4.78 is 10.5. The van der Waals surface area contributed by atoms with Crippen LogP contribution in [0.2, 0.25) is 0 Å². The van der Waals surface area contributed by atoms with Crippen LogP contribution in [0.3, 0.4) is 0 Å². The van der Waals surface area contributed by atoms with Gasteiger partial charge in [0.05, 0.1) is 17.8 Å². The summed E-state index contributed by atoms with van der Waals surface area (Å²) in [7, 11) is 3.72. The lowest BCUT2D eigenvalue weighted by molar-refractivity contribution is -0.0395. The van der Waals surface area contributed by atoms with Crippen LogP contribution in [-0.2, 0) is 0 Å². The molecule has 1 amide bonds. The molecule has 0 spiro atoms. The summed E-state index contributed by atoms with van der Waals surface area (Å²) >= 11 is 0. The first-order valence-electron chi connectivity index (χ1n) is 7.79. The van der Waals surface area contributed by atoms with Crippen LogP contribution in [0.4, 0.5) is 0 Å². The molecule has 2 aliphatic rings. The van der Waals surface area contributed by atoms with Crippen molar-refractivity contribution in [1.82, 2.24) is 4.90 Å². The molecule has 132 valence electrons. The number of aliphatic hydroxyl groups excluding tert-OH is 2. The number of rotatable bonds is 3. The number of amides is 1. The number of nitrogens with two attached hydrogens (primary N) is 1. The zero-order chi connectivity index (χ0) is 17.6. The monoisotopic (exact) mass is 338 g/mol. The largest absolute Gasteiger partial charge is 0.504 e. The molecule has 1 saturated carbocycles. The van der Waals surface area contributed by atoms with Crippen LogP contribution in [0, 0.1) is 0 Å². The first-order valence-corrected chi connectivity index (χ1v) is 7.79. The molecule has 0 bridgehead atoms. The van der Waals surface area contributed by atoms with Crippen molar-refractivity contribution in [1.29, 1.82) is 0 Å². The third-order valence-electron chi connectivity index (χ3n) is 4.86. The number of hydrogen-bond acceptors (Lipinski definition) is 7. The van der Waals surface area contributed by atoms with Crippen LogP contribution in [0.5, 0.6) is 17.2 Å². The molecule has 1 aliphatic carbocycles. The number of likely N-dealkylation sites (N-methyl/N-ethyl adjacent to an activating group) is 1. The number of carbonyl (C=O) groups excluding carboxylic acids is 1. The van der Waals surface area contributed by atoms with Gasteiger partial charge < -0.3 is 35.4 Å². The van der Waals surface area contributed by atoms with Crippen molar-refractivity contribution < 1.29 is 29.6 Å². The minimum Gasteiger partial charge on any atom is -0.504 e. The Balaban J connectivity index is 2.13. The zero-order valence-corrected chi connectivity index (χ0v) is 13.6. The molecule has 1 aliphatic heterocycles. The second-order valence-corrected chi connectivity index (χ2v) is 6.53. The van der Waals surface area contributed by atoms with E-state index in [1.54, 1.807) is 6.07 Å². The first kappa shape index (κ1) is 16.8. The molecular formula is C16H22N2O6. The van der Waals surface area contributed by atoms with E-state index in [0.717, 1.165) is 0 Å². The van der Waals surface area contributed by atoms with Gasteiger partial charge in [-0.05, 0) is 38.6 Å². The second kappa shape index (κ2) is 6.12. The van der Waals surface area contributed by atoms with E-state index in [1.807, 2.05) is 19.0 Å². The van der Waals surface area contributed by atoms with E-state index in [9.17, 15) is 20.1 Å². The molecule has 8 nitrogen and oxygen atoms in total. The lowest BCUT2D eigenvalue weighted by atomic mass is 9.75. The molecule has 1 heterocycles. The molecule has 1 fully saturated rings. The highest BCUT2D eigenvalue weighted by atomic mass is 16.7. The number of aromatic hydroxyl groups is 1. The van der Waals surface area contributed by atoms with Crippen molar-refractivity contribution in [2.75, 3.05) is 20.9 Å². The maximum Gasteiger partial charge on any atom is 0.252 e. The standard InChI is InChI=1S/C16H22N2O6/c1-18(2)9-5-11(20)10(19)3-7(9)8-4-12-15(24-6-23-12)14(21)13(8)16(17)22/h4,7,9-11,19-21H,3,5-6H2,1-2H3,(H2,17,22)/t7?,9?,10-,11?/m0/s1. The van der Waals surface area contributed by atoms with Crippen LogP contribution in [-0.4, -0.2) is 65.3 Å². The van der Waals surface area contributed by atoms with Gasteiger partial charge in [-0.25, -0.2) is 0 Å². The predicted molar refractivity (Wildman–Crippen MR) is 84.2 cm³/mol. The molecule has 5 N–H and O–H groups in total. The fraction of sp³-hybridized carbons (Fsp3) is 0.562. The van der Waals surface area contributed by atoms with E-state index in [0.29, 0.717) is 17.7 Å². The van der Waals surface area contributed by atoms with E-state index < -0.39 is 18.1 Å². The van der Waals surface area contributed by atoms with Crippen LogP contribution < -0.4 is 15.2 Å². The number of primary amides is 1. The molecule has 3 rings (SSSR count). The average Bonchev–Trinajstić information content (AvgIpc) is 2.97. The van der Waals surface area contributed by atoms with Gasteiger partial charge >= 0.3 is 0 Å². The second-order valence-electron chi connectivity index (χ2n) is 6.53. The Morgan fingerprint density at radius 2 is 1.92 bits per heavy atom. The van der Waals surface area contributed by atoms with Crippen LogP contribution in [0.1, 0.15) is 34.7 Å². The van der Waals surface area contributed by atoms with Crippen LogP contribution in [0.15, 0.2) is 6.07 Å². The summed E-state index contributed by atoms with van der Waals surface area (Å²) in [6.07, 6.45) is -1.18. The summed E-state index contributed by atoms with van der Waals surface area (Å²) in [6, 6.07) is 1.49. The number of aliphatic hydroxyl groups is 2. The quantitative estimate of drug-likeness (QED) is 0.599. The topological polar surface area (TPSA) is 125 Å². The van der Waals surface area contributed by atoms with E-state index >= 15 is 0 Å². The number of benzene rings is 1. The maximum absolute atomic E-state index is 11.9. The van der Waals surface area contributed by atoms with Crippen LogP contribution in [0.25, 0.3) is 0 Å². The van der Waals surface area contributed by atoms with Gasteiger partial charge in [0.2, 0.25) is 12.5 Å². The first-order chi connectivity index (χ1) is 11.3. The smallest absolute Gasteiger partial charge is 0.252 e. The fourth-order valence-corrected chi connectivity index (χ4v) is 3.64. The molecule has 24 heavy (non-hydrogen) atoms. The van der Waals surface area contributed by atoms with Crippen molar-refractivity contribution in [3.63, 3.8) is 0 Å². The van der Waals surface area contributed by atoms with Crippen molar-refractivity contribution >= 4 is 5.91 Å². The number of hydrogen-bond donors (Lipinski definition) is 4. The molecule has 1 aromatic carbocycles. The number of phenols is 1. The van der Waals surface area contributed by atoms with E-state index in [-0.39, 0.29) is 42.2 Å². The van der Waals surface area contributed by atoms with Crippen molar-refractivity contribution in [2.45, 2.75) is 37.0 Å². The minimum absolute atomic E-state index is 0.0281. The molecule has 1 aromatic rings. The van der Waals surface area contributed by atoms with Gasteiger partial charge in [0.15, 0.2) is 11.5 Å². The van der Waals surface area contributed by atoms with E-state index in [4.69, 9.17) is 15.2 Å². The number of ether oxygens (including phenoxy) is 2. The van der Waals surface area contributed by atoms with Gasteiger partial charge in [-0.1, -0.05) is 0 Å². The van der Waals surface area contributed by atoms with Crippen molar-refractivity contribution in [3.05, 3.63) is 17.2 Å². The maximum atomic E-state index is 11.9. The Morgan fingerprint density at radius 3 is 2.54 bits per heavy atom. The van der Waals surface area contributed by atoms with Gasteiger partial charge in [0.1, 0.15) is 0 Å². The predicted octanol–water partition coefficient (Wildman–Crippen LogP) is -0.251. The van der Waals surface area contributed by atoms with Crippen molar-refractivity contribution in [3.8, 4) is 17.2 Å². The lowest BCUT2D eigenvalue weighted by Gasteiger charge is -2.41. The molecule has 0 aromatic heterocycles. The van der Waals surface area contributed by atoms with Gasteiger partial charge in [0, 0.05) is 12.0 Å². The van der Waals surface area contributed by atoms with Crippen LogP contribution >= 0.6 is 0 Å².